The zero-order chi connectivity index (χ0) is 17.1. The second-order valence-corrected chi connectivity index (χ2v) is 7.39. The number of fused-ring (bicyclic) bond motifs is 1. The molecule has 0 spiro atoms. The number of benzene rings is 1. The molecule has 2 aromatic rings. The van der Waals surface area contributed by atoms with Crippen molar-refractivity contribution in [3.63, 3.8) is 0 Å². The first-order valence-corrected chi connectivity index (χ1v) is 9.81. The van der Waals surface area contributed by atoms with Crippen molar-refractivity contribution in [2.75, 3.05) is 18.9 Å². The van der Waals surface area contributed by atoms with E-state index in [1.807, 2.05) is 35.2 Å². The zero-order valence-corrected chi connectivity index (χ0v) is 14.9. The maximum atomic E-state index is 12.7. The molecule has 1 amide bonds. The third-order valence-corrected chi connectivity index (χ3v) is 5.71. The van der Waals surface area contributed by atoms with E-state index in [1.165, 1.54) is 24.6 Å². The Morgan fingerprint density at radius 3 is 2.96 bits per heavy atom. The number of morpholine rings is 1. The van der Waals surface area contributed by atoms with Crippen molar-refractivity contribution in [2.24, 2.45) is 0 Å². The number of carbonyl (C=O) groups excluding carboxylic acids is 1. The van der Waals surface area contributed by atoms with Gasteiger partial charge in [0, 0.05) is 6.54 Å². The van der Waals surface area contributed by atoms with Crippen LogP contribution in [0.2, 0.25) is 0 Å². The topological polar surface area (TPSA) is 60.2 Å². The summed E-state index contributed by atoms with van der Waals surface area (Å²) in [5, 5.41) is 5.08. The molecule has 2 heterocycles. The van der Waals surface area contributed by atoms with E-state index in [-0.39, 0.29) is 18.1 Å². The average Bonchev–Trinajstić information content (AvgIpc) is 3.15. The number of para-hydroxylation sites is 1. The summed E-state index contributed by atoms with van der Waals surface area (Å²) in [7, 11) is 0. The number of aromatic nitrogens is 3. The Hall–Kier alpha value is -1.86. The second kappa shape index (κ2) is 7.58. The molecule has 25 heavy (non-hydrogen) atoms. The Morgan fingerprint density at radius 2 is 2.08 bits per heavy atom. The number of hydrogen-bond donors (Lipinski definition) is 0. The van der Waals surface area contributed by atoms with Gasteiger partial charge in [0.1, 0.15) is 6.33 Å². The largest absolute Gasteiger partial charge is 0.374 e. The maximum absolute atomic E-state index is 12.7. The highest BCUT2D eigenvalue weighted by molar-refractivity contribution is 7.99. The number of nitrogens with zero attached hydrogens (tertiary/aromatic N) is 4. The molecule has 0 unspecified atom stereocenters. The summed E-state index contributed by atoms with van der Waals surface area (Å²) in [5.41, 5.74) is 0.964. The normalized spacial score (nSPS) is 23.3. The van der Waals surface area contributed by atoms with E-state index in [9.17, 15) is 4.79 Å². The Balaban J connectivity index is 1.36. The summed E-state index contributed by atoms with van der Waals surface area (Å²) in [5.74, 6) is 0.545. The molecule has 0 radical (unpaired) electrons. The van der Waals surface area contributed by atoms with Crippen LogP contribution in [0.1, 0.15) is 25.7 Å². The van der Waals surface area contributed by atoms with Crippen molar-refractivity contribution in [1.82, 2.24) is 19.7 Å². The summed E-state index contributed by atoms with van der Waals surface area (Å²) in [6.45, 7) is 1.35. The molecule has 1 aromatic heterocycles. The number of hydrogen-bond acceptors (Lipinski definition) is 5. The first-order valence-electron chi connectivity index (χ1n) is 8.82. The smallest absolute Gasteiger partial charge is 0.233 e. The van der Waals surface area contributed by atoms with Gasteiger partial charge in [-0.1, -0.05) is 42.8 Å². The summed E-state index contributed by atoms with van der Waals surface area (Å²) < 4.78 is 7.58. The van der Waals surface area contributed by atoms with E-state index in [1.54, 1.807) is 11.0 Å². The Kier molecular flexibility index (Phi) is 5.03. The monoisotopic (exact) mass is 358 g/mol. The molecule has 132 valence electrons. The Bertz CT molecular complexity index is 719. The molecule has 7 heteroatoms. The summed E-state index contributed by atoms with van der Waals surface area (Å²) >= 11 is 1.40. The van der Waals surface area contributed by atoms with Crippen LogP contribution in [0.5, 0.6) is 0 Å². The van der Waals surface area contributed by atoms with Crippen molar-refractivity contribution in [3.05, 3.63) is 36.7 Å². The van der Waals surface area contributed by atoms with E-state index in [2.05, 4.69) is 10.1 Å². The van der Waals surface area contributed by atoms with Crippen molar-refractivity contribution in [3.8, 4) is 5.69 Å². The summed E-state index contributed by atoms with van der Waals surface area (Å²) in [6, 6.07) is 10.1. The minimum atomic E-state index is 0.168. The average molecular weight is 358 g/mol. The molecule has 6 nitrogen and oxygen atoms in total. The summed E-state index contributed by atoms with van der Waals surface area (Å²) in [6.07, 6.45) is 6.44. The third-order valence-electron chi connectivity index (χ3n) is 4.87. The molecule has 1 aliphatic carbocycles. The summed E-state index contributed by atoms with van der Waals surface area (Å²) in [4.78, 5) is 19.0. The van der Waals surface area contributed by atoms with Crippen LogP contribution in [0.3, 0.4) is 0 Å². The van der Waals surface area contributed by atoms with Gasteiger partial charge in [0.15, 0.2) is 0 Å². The molecular formula is C18H22N4O2S. The molecule has 1 saturated carbocycles. The van der Waals surface area contributed by atoms with E-state index < -0.39 is 0 Å². The van der Waals surface area contributed by atoms with E-state index in [0.29, 0.717) is 24.1 Å². The number of rotatable bonds is 4. The van der Waals surface area contributed by atoms with Crippen LogP contribution in [-0.4, -0.2) is 56.6 Å². The van der Waals surface area contributed by atoms with Gasteiger partial charge in [-0.2, -0.15) is 0 Å². The van der Waals surface area contributed by atoms with Crippen LogP contribution in [0.4, 0.5) is 0 Å². The van der Waals surface area contributed by atoms with Gasteiger partial charge in [-0.05, 0) is 25.0 Å². The lowest BCUT2D eigenvalue weighted by atomic mass is 9.90. The molecule has 4 rings (SSSR count). The third kappa shape index (κ3) is 3.72. The van der Waals surface area contributed by atoms with Crippen molar-refractivity contribution in [2.45, 2.75) is 43.0 Å². The lowest BCUT2D eigenvalue weighted by Gasteiger charge is -2.43. The highest BCUT2D eigenvalue weighted by Gasteiger charge is 2.36. The standard InChI is InChI=1S/C18H22N4O2S/c23-17(21-10-11-24-16-9-5-4-8-15(16)21)12-25-18-19-13-22(20-18)14-6-2-1-3-7-14/h1-3,6-7,13,15-16H,4-5,8-12H2/t15-,16-/m0/s1. The molecule has 0 bridgehead atoms. The SMILES string of the molecule is O=C(CSc1ncn(-c2ccccc2)n1)N1CCO[C@H]2CCCC[C@@H]21. The molecule has 1 aromatic carbocycles. The highest BCUT2D eigenvalue weighted by atomic mass is 32.2. The molecule has 1 aliphatic heterocycles. The number of thioether (sulfide) groups is 1. The van der Waals surface area contributed by atoms with Crippen LogP contribution < -0.4 is 0 Å². The second-order valence-electron chi connectivity index (χ2n) is 6.44. The predicted molar refractivity (Wildman–Crippen MR) is 95.8 cm³/mol. The lowest BCUT2D eigenvalue weighted by molar-refractivity contribution is -0.146. The molecule has 0 N–H and O–H groups in total. The Labute approximate surface area is 151 Å². The van der Waals surface area contributed by atoms with Crippen LogP contribution in [0, 0.1) is 0 Å². The first kappa shape index (κ1) is 16.6. The van der Waals surface area contributed by atoms with Crippen LogP contribution in [0.25, 0.3) is 5.69 Å². The van der Waals surface area contributed by atoms with Crippen LogP contribution in [-0.2, 0) is 9.53 Å². The van der Waals surface area contributed by atoms with Crippen molar-refractivity contribution < 1.29 is 9.53 Å². The molecule has 1 saturated heterocycles. The molecule has 2 aliphatic rings. The van der Waals surface area contributed by atoms with Gasteiger partial charge in [0.2, 0.25) is 11.1 Å². The number of ether oxygens (including phenoxy) is 1. The fourth-order valence-corrected chi connectivity index (χ4v) is 4.32. The highest BCUT2D eigenvalue weighted by Crippen LogP contribution is 2.29. The minimum Gasteiger partial charge on any atom is -0.374 e. The maximum Gasteiger partial charge on any atom is 0.233 e. The van der Waals surface area contributed by atoms with Gasteiger partial charge in [-0.15, -0.1) is 5.10 Å². The van der Waals surface area contributed by atoms with Gasteiger partial charge in [-0.25, -0.2) is 9.67 Å². The quantitative estimate of drug-likeness (QED) is 0.786. The molecule has 2 atom stereocenters. The van der Waals surface area contributed by atoms with Gasteiger partial charge >= 0.3 is 0 Å². The zero-order valence-electron chi connectivity index (χ0n) is 14.1. The molecular weight excluding hydrogens is 336 g/mol. The van der Waals surface area contributed by atoms with Gasteiger partial charge in [0.25, 0.3) is 0 Å². The number of carbonyl (C=O) groups is 1. The van der Waals surface area contributed by atoms with E-state index in [4.69, 9.17) is 4.74 Å². The number of amides is 1. The first-order chi connectivity index (χ1) is 12.3. The predicted octanol–water partition coefficient (Wildman–Crippen LogP) is 2.53. The van der Waals surface area contributed by atoms with Crippen LogP contribution in [0.15, 0.2) is 41.8 Å². The van der Waals surface area contributed by atoms with Crippen molar-refractivity contribution in [1.29, 1.82) is 0 Å². The van der Waals surface area contributed by atoms with E-state index in [0.717, 1.165) is 18.5 Å². The van der Waals surface area contributed by atoms with Gasteiger partial charge in [-0.3, -0.25) is 4.79 Å². The van der Waals surface area contributed by atoms with Crippen LogP contribution >= 0.6 is 11.8 Å². The van der Waals surface area contributed by atoms with Gasteiger partial charge < -0.3 is 9.64 Å². The minimum absolute atomic E-state index is 0.168. The molecule has 2 fully saturated rings. The lowest BCUT2D eigenvalue weighted by Crippen LogP contribution is -2.55. The van der Waals surface area contributed by atoms with Crippen molar-refractivity contribution >= 4 is 17.7 Å². The Morgan fingerprint density at radius 1 is 1.24 bits per heavy atom. The fraction of sp³-hybridized carbons (Fsp3) is 0.500. The van der Waals surface area contributed by atoms with E-state index >= 15 is 0 Å². The van der Waals surface area contributed by atoms with Gasteiger partial charge in [0.05, 0.1) is 30.2 Å². The fourth-order valence-electron chi connectivity index (χ4n) is 3.63.